The van der Waals surface area contributed by atoms with Crippen molar-refractivity contribution in [3.8, 4) is 11.5 Å². The lowest BCUT2D eigenvalue weighted by Gasteiger charge is -2.18. The van der Waals surface area contributed by atoms with Gasteiger partial charge >= 0.3 is 0 Å². The monoisotopic (exact) mass is 362 g/mol. The van der Waals surface area contributed by atoms with E-state index in [0.717, 1.165) is 16.8 Å². The maximum absolute atomic E-state index is 12.3. The number of amides is 1. The van der Waals surface area contributed by atoms with Gasteiger partial charge in [-0.1, -0.05) is 23.7 Å². The number of halogens is 1. The molecule has 0 atom stereocenters. The zero-order valence-electron chi connectivity index (χ0n) is 14.9. The first-order chi connectivity index (χ1) is 11.9. The molecule has 1 amide bonds. The Kier molecular flexibility index (Phi) is 6.67. The van der Waals surface area contributed by atoms with Crippen molar-refractivity contribution < 1.29 is 14.3 Å². The number of aryl methyl sites for hydroxylation is 1. The number of rotatable bonds is 7. The Morgan fingerprint density at radius 1 is 1.12 bits per heavy atom. The minimum absolute atomic E-state index is 0.0895. The Balaban J connectivity index is 1.96. The zero-order chi connectivity index (χ0) is 18.4. The molecule has 0 aliphatic rings. The van der Waals surface area contributed by atoms with E-state index >= 15 is 0 Å². The van der Waals surface area contributed by atoms with Gasteiger partial charge in [-0.2, -0.15) is 0 Å². The fourth-order valence-electron chi connectivity index (χ4n) is 2.51. The van der Waals surface area contributed by atoms with Crippen LogP contribution >= 0.6 is 11.6 Å². The minimum atomic E-state index is -0.0895. The van der Waals surface area contributed by atoms with Gasteiger partial charge < -0.3 is 14.8 Å². The molecular formula is C19H23ClN2O3. The van der Waals surface area contributed by atoms with Gasteiger partial charge in [-0.3, -0.25) is 9.69 Å². The van der Waals surface area contributed by atoms with Gasteiger partial charge in [0.1, 0.15) is 0 Å². The summed E-state index contributed by atoms with van der Waals surface area (Å²) in [6, 6.07) is 11.2. The molecule has 0 aliphatic carbocycles. The van der Waals surface area contributed by atoms with Crippen LogP contribution in [0.25, 0.3) is 0 Å². The molecule has 0 aromatic heterocycles. The molecule has 1 N–H and O–H groups in total. The van der Waals surface area contributed by atoms with Crippen LogP contribution in [0.15, 0.2) is 36.4 Å². The number of nitrogens with one attached hydrogen (secondary N) is 1. The Labute approximate surface area is 153 Å². The molecule has 25 heavy (non-hydrogen) atoms. The van der Waals surface area contributed by atoms with Gasteiger partial charge in [0.15, 0.2) is 11.5 Å². The largest absolute Gasteiger partial charge is 0.493 e. The number of carbonyl (C=O) groups is 1. The lowest BCUT2D eigenvalue weighted by molar-refractivity contribution is -0.117. The molecule has 2 aromatic carbocycles. The average Bonchev–Trinajstić information content (AvgIpc) is 2.57. The number of anilines is 1. The van der Waals surface area contributed by atoms with E-state index in [1.54, 1.807) is 26.4 Å². The molecule has 0 heterocycles. The van der Waals surface area contributed by atoms with Gasteiger partial charge in [-0.25, -0.2) is 0 Å². The molecule has 0 spiro atoms. The molecule has 0 bridgehead atoms. The van der Waals surface area contributed by atoms with Crippen molar-refractivity contribution in [2.24, 2.45) is 0 Å². The van der Waals surface area contributed by atoms with Crippen LogP contribution in [0.5, 0.6) is 11.5 Å². The third-order valence-corrected chi connectivity index (χ3v) is 4.02. The van der Waals surface area contributed by atoms with E-state index in [9.17, 15) is 4.79 Å². The number of carbonyl (C=O) groups excluding carboxylic acids is 1. The normalized spacial score (nSPS) is 10.6. The molecule has 0 unspecified atom stereocenters. The quantitative estimate of drug-likeness (QED) is 0.815. The van der Waals surface area contributed by atoms with Crippen LogP contribution in [-0.4, -0.2) is 38.6 Å². The fraction of sp³-hybridized carbons (Fsp3) is 0.316. The number of hydrogen-bond donors (Lipinski definition) is 1. The van der Waals surface area contributed by atoms with Crippen molar-refractivity contribution in [3.05, 3.63) is 52.5 Å². The first-order valence-corrected chi connectivity index (χ1v) is 8.26. The van der Waals surface area contributed by atoms with Crippen molar-refractivity contribution in [1.29, 1.82) is 0 Å². The lowest BCUT2D eigenvalue weighted by Crippen LogP contribution is -2.30. The van der Waals surface area contributed by atoms with Crippen LogP contribution in [-0.2, 0) is 11.3 Å². The van der Waals surface area contributed by atoms with Crippen molar-refractivity contribution >= 4 is 23.2 Å². The van der Waals surface area contributed by atoms with Crippen molar-refractivity contribution in [1.82, 2.24) is 4.90 Å². The topological polar surface area (TPSA) is 50.8 Å². The summed E-state index contributed by atoms with van der Waals surface area (Å²) in [6.45, 7) is 2.81. The summed E-state index contributed by atoms with van der Waals surface area (Å²) in [5, 5.41) is 3.50. The fourth-order valence-corrected chi connectivity index (χ4v) is 2.68. The van der Waals surface area contributed by atoms with Crippen LogP contribution in [0.3, 0.4) is 0 Å². The summed E-state index contributed by atoms with van der Waals surface area (Å²) in [7, 11) is 5.10. The Morgan fingerprint density at radius 2 is 1.84 bits per heavy atom. The lowest BCUT2D eigenvalue weighted by atomic mass is 10.2. The summed E-state index contributed by atoms with van der Waals surface area (Å²) in [6.07, 6.45) is 0. The number of benzene rings is 2. The smallest absolute Gasteiger partial charge is 0.238 e. The van der Waals surface area contributed by atoms with E-state index in [2.05, 4.69) is 5.32 Å². The highest BCUT2D eigenvalue weighted by Gasteiger charge is 2.11. The standard InChI is InChI=1S/C19H23ClN2O3/c1-13-5-7-15(20)10-16(13)21-19(23)12-22(2)11-14-6-8-17(24-3)18(9-14)25-4/h5-10H,11-12H2,1-4H3,(H,21,23). The third kappa shape index (κ3) is 5.37. The molecule has 0 fully saturated rings. The highest BCUT2D eigenvalue weighted by Crippen LogP contribution is 2.28. The minimum Gasteiger partial charge on any atom is -0.493 e. The van der Waals surface area contributed by atoms with E-state index < -0.39 is 0 Å². The van der Waals surface area contributed by atoms with Gasteiger partial charge in [-0.15, -0.1) is 0 Å². The number of ether oxygens (including phenoxy) is 2. The van der Waals surface area contributed by atoms with Crippen LogP contribution < -0.4 is 14.8 Å². The molecule has 6 heteroatoms. The van der Waals surface area contributed by atoms with E-state index in [1.807, 2.05) is 43.1 Å². The molecule has 2 rings (SSSR count). The second-order valence-corrected chi connectivity index (χ2v) is 6.31. The second kappa shape index (κ2) is 8.74. The predicted molar refractivity (Wildman–Crippen MR) is 101 cm³/mol. The van der Waals surface area contributed by atoms with Crippen LogP contribution in [0.4, 0.5) is 5.69 Å². The van der Waals surface area contributed by atoms with E-state index in [1.165, 1.54) is 0 Å². The van der Waals surface area contributed by atoms with Gasteiger partial charge in [-0.05, 0) is 49.4 Å². The number of hydrogen-bond acceptors (Lipinski definition) is 4. The Bertz CT molecular complexity index is 749. The molecule has 134 valence electrons. The average molecular weight is 363 g/mol. The van der Waals surface area contributed by atoms with Gasteiger partial charge in [0, 0.05) is 17.3 Å². The van der Waals surface area contributed by atoms with E-state index in [0.29, 0.717) is 23.1 Å². The van der Waals surface area contributed by atoms with Gasteiger partial charge in [0.05, 0.1) is 20.8 Å². The van der Waals surface area contributed by atoms with Crippen LogP contribution in [0, 0.1) is 6.92 Å². The Morgan fingerprint density at radius 3 is 2.52 bits per heavy atom. The maximum atomic E-state index is 12.3. The van der Waals surface area contributed by atoms with Crippen LogP contribution in [0.2, 0.25) is 5.02 Å². The molecule has 0 aliphatic heterocycles. The first-order valence-electron chi connectivity index (χ1n) is 7.88. The van der Waals surface area contributed by atoms with Gasteiger partial charge in [0.25, 0.3) is 0 Å². The third-order valence-electron chi connectivity index (χ3n) is 3.79. The second-order valence-electron chi connectivity index (χ2n) is 5.87. The molecular weight excluding hydrogens is 340 g/mol. The number of methoxy groups -OCH3 is 2. The maximum Gasteiger partial charge on any atom is 0.238 e. The predicted octanol–water partition coefficient (Wildman–Crippen LogP) is 3.74. The highest BCUT2D eigenvalue weighted by atomic mass is 35.5. The summed E-state index contributed by atoms with van der Waals surface area (Å²) in [4.78, 5) is 14.2. The Hall–Kier alpha value is -2.24. The molecule has 2 aromatic rings. The first kappa shape index (κ1) is 19.1. The summed E-state index contributed by atoms with van der Waals surface area (Å²) >= 11 is 5.98. The van der Waals surface area contributed by atoms with E-state index in [-0.39, 0.29) is 12.5 Å². The number of nitrogens with zero attached hydrogens (tertiary/aromatic N) is 1. The van der Waals surface area contributed by atoms with Crippen LogP contribution in [0.1, 0.15) is 11.1 Å². The van der Waals surface area contributed by atoms with Crippen molar-refractivity contribution in [3.63, 3.8) is 0 Å². The van der Waals surface area contributed by atoms with E-state index in [4.69, 9.17) is 21.1 Å². The zero-order valence-corrected chi connectivity index (χ0v) is 15.7. The van der Waals surface area contributed by atoms with Crippen molar-refractivity contribution in [2.45, 2.75) is 13.5 Å². The highest BCUT2D eigenvalue weighted by molar-refractivity contribution is 6.31. The SMILES string of the molecule is COc1ccc(CN(C)CC(=O)Nc2cc(Cl)ccc2C)cc1OC. The molecule has 0 saturated heterocycles. The van der Waals surface area contributed by atoms with Gasteiger partial charge in [0.2, 0.25) is 5.91 Å². The van der Waals surface area contributed by atoms with Crippen molar-refractivity contribution in [2.75, 3.05) is 33.1 Å². The summed E-state index contributed by atoms with van der Waals surface area (Å²) < 4.78 is 10.5. The molecule has 5 nitrogen and oxygen atoms in total. The molecule has 0 saturated carbocycles. The summed E-state index contributed by atoms with van der Waals surface area (Å²) in [5.41, 5.74) is 2.74. The molecule has 0 radical (unpaired) electrons. The number of likely N-dealkylation sites (N-methyl/N-ethyl adjacent to an activating group) is 1. The summed E-state index contributed by atoms with van der Waals surface area (Å²) in [5.74, 6) is 1.27.